The molecule has 0 bridgehead atoms. The van der Waals surface area contributed by atoms with E-state index in [4.69, 9.17) is 9.47 Å². The van der Waals surface area contributed by atoms with E-state index in [2.05, 4.69) is 17.2 Å². The maximum Gasteiger partial charge on any atom is 0.412 e. The molecule has 1 heterocycles. The summed E-state index contributed by atoms with van der Waals surface area (Å²) >= 11 is 0. The molecule has 12 nitrogen and oxygen atoms in total. The van der Waals surface area contributed by atoms with Gasteiger partial charge < -0.3 is 30.1 Å². The van der Waals surface area contributed by atoms with Crippen LogP contribution in [0.1, 0.15) is 54.4 Å². The number of aliphatic carboxylic acids is 1. The van der Waals surface area contributed by atoms with Crippen LogP contribution in [-0.4, -0.2) is 75.8 Å². The van der Waals surface area contributed by atoms with Gasteiger partial charge in [-0.2, -0.15) is 0 Å². The molecule has 14 heteroatoms. The number of likely N-dealkylation sites (tertiary alicyclic amines) is 1. The number of nitrogens with zero attached hydrogens (tertiary/aromatic N) is 1. The van der Waals surface area contributed by atoms with Crippen LogP contribution < -0.4 is 16.0 Å². The fourth-order valence-corrected chi connectivity index (χ4v) is 4.83. The summed E-state index contributed by atoms with van der Waals surface area (Å²) in [6.07, 6.45) is -2.01. The molecule has 0 aromatic heterocycles. The second-order valence-corrected chi connectivity index (χ2v) is 12.7. The van der Waals surface area contributed by atoms with E-state index >= 15 is 0 Å². The van der Waals surface area contributed by atoms with Crippen LogP contribution in [0.25, 0.3) is 0 Å². The summed E-state index contributed by atoms with van der Waals surface area (Å²) in [7, 11) is 0. The maximum atomic E-state index is 14.0. The molecule has 3 unspecified atom stereocenters. The molecule has 1 aliphatic carbocycles. The van der Waals surface area contributed by atoms with Crippen LogP contribution >= 0.6 is 0 Å². The summed E-state index contributed by atoms with van der Waals surface area (Å²) in [6.45, 7) is 13.2. The van der Waals surface area contributed by atoms with Crippen molar-refractivity contribution < 1.29 is 47.3 Å². The third-order valence-electron chi connectivity index (χ3n) is 7.11. The zero-order valence-electron chi connectivity index (χ0n) is 25.0. The third kappa shape index (κ3) is 7.79. The van der Waals surface area contributed by atoms with Crippen LogP contribution in [0.2, 0.25) is 0 Å². The number of alkyl carbamates (subject to hydrolysis) is 1. The fourth-order valence-electron chi connectivity index (χ4n) is 4.83. The standard InChI is InChI=1S/C29H38F2N4O8/c1-8-15-13-29(15,24(38)39)34-22(36)19-12-16(42-25(40)32-20-17(30)10-9-11-18(20)31)14-35(19)23(37)21(27(2,3)4)33-26(41)43-28(5,6)7/h8-11,15-16,19,21H,1,12-14H2,2-7H3,(H,32,40)(H,33,41)(H,34,36)(H,38,39)/t15?,16?,19-,21+,29?/m0/s1. The van der Waals surface area contributed by atoms with E-state index in [0.29, 0.717) is 0 Å². The second-order valence-electron chi connectivity index (χ2n) is 12.7. The molecule has 1 saturated carbocycles. The molecule has 0 spiro atoms. The summed E-state index contributed by atoms with van der Waals surface area (Å²) in [6, 6.07) is 0.455. The predicted molar refractivity (Wildman–Crippen MR) is 150 cm³/mol. The van der Waals surface area contributed by atoms with Crippen molar-refractivity contribution >= 4 is 35.7 Å². The number of carboxylic acid groups (broad SMARTS) is 1. The molecule has 43 heavy (non-hydrogen) atoms. The minimum absolute atomic E-state index is 0.0968. The number of benzene rings is 1. The lowest BCUT2D eigenvalue weighted by molar-refractivity contribution is -0.146. The van der Waals surface area contributed by atoms with Crippen LogP contribution in [0.15, 0.2) is 30.9 Å². The van der Waals surface area contributed by atoms with E-state index in [0.717, 1.165) is 23.1 Å². The number of carboxylic acids is 1. The van der Waals surface area contributed by atoms with Crippen LogP contribution in [-0.2, 0) is 23.9 Å². The minimum atomic E-state index is -1.61. The number of para-hydroxylation sites is 1. The van der Waals surface area contributed by atoms with E-state index in [1.807, 2.05) is 5.32 Å². The number of rotatable bonds is 8. The van der Waals surface area contributed by atoms with Gasteiger partial charge in [0.1, 0.15) is 46.6 Å². The van der Waals surface area contributed by atoms with Gasteiger partial charge in [0.2, 0.25) is 11.8 Å². The third-order valence-corrected chi connectivity index (χ3v) is 7.11. The first-order valence-corrected chi connectivity index (χ1v) is 13.7. The monoisotopic (exact) mass is 608 g/mol. The molecule has 2 aliphatic rings. The van der Waals surface area contributed by atoms with Gasteiger partial charge in [0.15, 0.2) is 0 Å². The Balaban J connectivity index is 1.87. The zero-order valence-corrected chi connectivity index (χ0v) is 25.0. The molecule has 3 rings (SSSR count). The van der Waals surface area contributed by atoms with Gasteiger partial charge in [0, 0.05) is 12.3 Å². The van der Waals surface area contributed by atoms with Crippen LogP contribution in [0.3, 0.4) is 0 Å². The molecule has 1 aliphatic heterocycles. The molecule has 236 valence electrons. The van der Waals surface area contributed by atoms with Gasteiger partial charge in [-0.15, -0.1) is 6.58 Å². The Morgan fingerprint density at radius 3 is 2.19 bits per heavy atom. The molecule has 1 aromatic rings. The predicted octanol–water partition coefficient (Wildman–Crippen LogP) is 3.57. The Morgan fingerprint density at radius 2 is 1.70 bits per heavy atom. The van der Waals surface area contributed by atoms with Gasteiger partial charge in [-0.1, -0.05) is 32.9 Å². The first-order chi connectivity index (χ1) is 19.8. The number of hydrogen-bond acceptors (Lipinski definition) is 7. The highest BCUT2D eigenvalue weighted by Gasteiger charge is 2.61. The Morgan fingerprint density at radius 1 is 1.09 bits per heavy atom. The van der Waals surface area contributed by atoms with Crippen molar-refractivity contribution in [1.29, 1.82) is 0 Å². The first-order valence-electron chi connectivity index (χ1n) is 13.7. The summed E-state index contributed by atoms with van der Waals surface area (Å²) in [5, 5.41) is 16.8. The SMILES string of the molecule is C=CC1CC1(NC(=O)[C@@H]1CC(OC(=O)Nc2c(F)cccc2F)CN1C(=O)[C@@H](NC(=O)OC(C)(C)C)C(C)(C)C)C(=O)O. The Hall–Kier alpha value is -4.23. The van der Waals surface area contributed by atoms with E-state index < -0.39 is 88.0 Å². The Labute approximate surface area is 248 Å². The van der Waals surface area contributed by atoms with Crippen molar-refractivity contribution in [3.63, 3.8) is 0 Å². The molecule has 2 fully saturated rings. The first kappa shape index (κ1) is 33.3. The van der Waals surface area contributed by atoms with Gasteiger partial charge >= 0.3 is 18.2 Å². The normalized spacial score (nSPS) is 23.9. The molecule has 0 radical (unpaired) electrons. The lowest BCUT2D eigenvalue weighted by atomic mass is 9.85. The van der Waals surface area contributed by atoms with E-state index in [1.54, 1.807) is 41.5 Å². The summed E-state index contributed by atoms with van der Waals surface area (Å²) < 4.78 is 38.7. The van der Waals surface area contributed by atoms with Crippen LogP contribution in [0, 0.1) is 23.0 Å². The van der Waals surface area contributed by atoms with Crippen molar-refractivity contribution in [2.24, 2.45) is 11.3 Å². The maximum absolute atomic E-state index is 14.0. The molecule has 4 N–H and O–H groups in total. The quantitative estimate of drug-likeness (QED) is 0.326. The number of halogens is 2. The Bertz CT molecular complexity index is 1290. The van der Waals surface area contributed by atoms with Crippen molar-refractivity contribution in [3.05, 3.63) is 42.5 Å². The molecule has 5 atom stereocenters. The average molecular weight is 609 g/mol. The van der Waals surface area contributed by atoms with Crippen LogP contribution in [0.5, 0.6) is 0 Å². The number of ether oxygens (including phenoxy) is 2. The molecule has 4 amide bonds. The van der Waals surface area contributed by atoms with Gasteiger partial charge in [0.05, 0.1) is 6.54 Å². The smallest absolute Gasteiger partial charge is 0.412 e. The second kappa shape index (κ2) is 12.2. The summed E-state index contributed by atoms with van der Waals surface area (Å²) in [4.78, 5) is 65.7. The minimum Gasteiger partial charge on any atom is -0.479 e. The summed E-state index contributed by atoms with van der Waals surface area (Å²) in [5.74, 6) is -5.44. The van der Waals surface area contributed by atoms with Gasteiger partial charge in [-0.25, -0.2) is 23.2 Å². The molecule has 1 saturated heterocycles. The van der Waals surface area contributed by atoms with Gasteiger partial charge in [0.25, 0.3) is 0 Å². The van der Waals surface area contributed by atoms with Gasteiger partial charge in [-0.05, 0) is 44.7 Å². The number of nitrogens with one attached hydrogen (secondary N) is 3. The molecule has 1 aromatic carbocycles. The zero-order chi connectivity index (χ0) is 32.5. The van der Waals surface area contributed by atoms with Gasteiger partial charge in [-0.3, -0.25) is 14.9 Å². The Kier molecular flexibility index (Phi) is 9.42. The number of anilines is 1. The average Bonchev–Trinajstić information content (AvgIpc) is 3.43. The van der Waals surface area contributed by atoms with Crippen molar-refractivity contribution in [2.75, 3.05) is 11.9 Å². The van der Waals surface area contributed by atoms with Crippen LogP contribution in [0.4, 0.5) is 24.1 Å². The molecular formula is C29H38F2N4O8. The van der Waals surface area contributed by atoms with Crippen molar-refractivity contribution in [2.45, 2.75) is 83.7 Å². The highest BCUT2D eigenvalue weighted by Crippen LogP contribution is 2.45. The lowest BCUT2D eigenvalue weighted by Gasteiger charge is -2.35. The lowest BCUT2D eigenvalue weighted by Crippen LogP contribution is -2.59. The van der Waals surface area contributed by atoms with Crippen molar-refractivity contribution in [3.8, 4) is 0 Å². The number of amides is 4. The van der Waals surface area contributed by atoms with E-state index in [-0.39, 0.29) is 19.4 Å². The highest BCUT2D eigenvalue weighted by molar-refractivity contribution is 5.96. The summed E-state index contributed by atoms with van der Waals surface area (Å²) in [5.41, 5.74) is -4.10. The number of hydrogen-bond donors (Lipinski definition) is 4. The fraction of sp³-hybridized carbons (Fsp3) is 0.552. The van der Waals surface area contributed by atoms with E-state index in [9.17, 15) is 37.9 Å². The topological polar surface area (TPSA) is 163 Å². The van der Waals surface area contributed by atoms with Crippen molar-refractivity contribution in [1.82, 2.24) is 15.5 Å². The number of carbonyl (C=O) groups excluding carboxylic acids is 4. The largest absolute Gasteiger partial charge is 0.479 e. The highest BCUT2D eigenvalue weighted by atomic mass is 19.1. The van der Waals surface area contributed by atoms with E-state index in [1.165, 1.54) is 6.08 Å². The molecular weight excluding hydrogens is 570 g/mol. The number of carbonyl (C=O) groups is 5.